The minimum Gasteiger partial charge on any atom is -0.392 e. The van der Waals surface area contributed by atoms with Crippen molar-refractivity contribution in [2.75, 3.05) is 5.32 Å². The molecule has 1 aliphatic carbocycles. The molecule has 0 saturated heterocycles. The van der Waals surface area contributed by atoms with Gasteiger partial charge in [-0.15, -0.1) is 0 Å². The van der Waals surface area contributed by atoms with Crippen molar-refractivity contribution < 1.29 is 14.7 Å². The lowest BCUT2D eigenvalue weighted by Crippen LogP contribution is -2.26. The number of aliphatic hydroxyl groups is 1. The molecule has 1 unspecified atom stereocenters. The van der Waals surface area contributed by atoms with E-state index in [0.717, 1.165) is 12.1 Å². The van der Waals surface area contributed by atoms with Gasteiger partial charge in [0.05, 0.1) is 23.1 Å². The maximum atomic E-state index is 12.1. The average molecular weight is 310 g/mol. The van der Waals surface area contributed by atoms with Crippen LogP contribution in [0.2, 0.25) is 0 Å². The van der Waals surface area contributed by atoms with Crippen molar-refractivity contribution in [3.63, 3.8) is 0 Å². The van der Waals surface area contributed by atoms with E-state index in [1.54, 1.807) is 0 Å². The van der Waals surface area contributed by atoms with Gasteiger partial charge in [-0.2, -0.15) is 0 Å². The molecular formula is C15H22N2O3S. The number of Topliss-reactive ketones (excluding diaryl/α,β-unsaturated/α-hetero) is 1. The lowest BCUT2D eigenvalue weighted by molar-refractivity contribution is -0.118. The summed E-state index contributed by atoms with van der Waals surface area (Å²) in [6.07, 6.45) is 0.637. The van der Waals surface area contributed by atoms with E-state index in [0.29, 0.717) is 16.4 Å². The van der Waals surface area contributed by atoms with Crippen molar-refractivity contribution in [3.05, 3.63) is 10.6 Å². The third-order valence-corrected chi connectivity index (χ3v) is 4.70. The van der Waals surface area contributed by atoms with E-state index in [-0.39, 0.29) is 29.4 Å². The van der Waals surface area contributed by atoms with E-state index >= 15 is 0 Å². The number of hydrogen-bond acceptors (Lipinski definition) is 5. The van der Waals surface area contributed by atoms with Crippen LogP contribution in [0.25, 0.3) is 0 Å². The fourth-order valence-corrected chi connectivity index (χ4v) is 3.31. The number of aliphatic hydroxyl groups excluding tert-OH is 1. The monoisotopic (exact) mass is 310 g/mol. The molecule has 116 valence electrons. The highest BCUT2D eigenvalue weighted by atomic mass is 32.1. The Kier molecular flexibility index (Phi) is 4.49. The van der Waals surface area contributed by atoms with Crippen LogP contribution < -0.4 is 5.32 Å². The smallest absolute Gasteiger partial charge is 0.228 e. The zero-order chi connectivity index (χ0) is 15.8. The van der Waals surface area contributed by atoms with E-state index in [1.165, 1.54) is 11.3 Å². The molecule has 0 spiro atoms. The summed E-state index contributed by atoms with van der Waals surface area (Å²) in [6.45, 7) is 7.82. The van der Waals surface area contributed by atoms with Gasteiger partial charge in [0.2, 0.25) is 5.91 Å². The maximum absolute atomic E-state index is 12.1. The summed E-state index contributed by atoms with van der Waals surface area (Å²) < 4.78 is 0. The molecule has 1 atom stereocenters. The van der Waals surface area contributed by atoms with Crippen LogP contribution in [0.1, 0.15) is 55.9 Å². The Hall–Kier alpha value is -1.27. The molecule has 1 heterocycles. The van der Waals surface area contributed by atoms with E-state index in [4.69, 9.17) is 0 Å². The number of nitrogens with one attached hydrogen (secondary N) is 1. The number of rotatable bonds is 4. The maximum Gasteiger partial charge on any atom is 0.228 e. The molecule has 0 bridgehead atoms. The van der Waals surface area contributed by atoms with Gasteiger partial charge >= 0.3 is 0 Å². The number of carbonyl (C=O) groups excluding carboxylic acids is 2. The van der Waals surface area contributed by atoms with E-state index in [9.17, 15) is 14.7 Å². The van der Waals surface area contributed by atoms with Crippen molar-refractivity contribution in [3.8, 4) is 0 Å². The Morgan fingerprint density at radius 1 is 1.43 bits per heavy atom. The number of anilines is 1. The van der Waals surface area contributed by atoms with Gasteiger partial charge < -0.3 is 10.4 Å². The summed E-state index contributed by atoms with van der Waals surface area (Å²) in [5.74, 6) is -0.141. The molecule has 1 aromatic rings. The third-order valence-electron chi connectivity index (χ3n) is 3.65. The normalized spacial score (nSPS) is 18.5. The number of thiazole rings is 1. The molecule has 1 amide bonds. The third kappa shape index (κ3) is 3.89. The van der Waals surface area contributed by atoms with Gasteiger partial charge in [0, 0.05) is 6.42 Å². The molecule has 1 aromatic heterocycles. The predicted molar refractivity (Wildman–Crippen MR) is 82.6 cm³/mol. The van der Waals surface area contributed by atoms with Crippen molar-refractivity contribution in [2.24, 2.45) is 11.3 Å². The summed E-state index contributed by atoms with van der Waals surface area (Å²) in [4.78, 5) is 29.0. The van der Waals surface area contributed by atoms with Gasteiger partial charge in [0.25, 0.3) is 0 Å². The summed E-state index contributed by atoms with van der Waals surface area (Å²) >= 11 is 1.23. The van der Waals surface area contributed by atoms with Crippen molar-refractivity contribution in [2.45, 2.75) is 53.1 Å². The zero-order valence-electron chi connectivity index (χ0n) is 12.9. The van der Waals surface area contributed by atoms with Crippen LogP contribution in [0.5, 0.6) is 0 Å². The minimum absolute atomic E-state index is 0.0302. The van der Waals surface area contributed by atoms with Crippen LogP contribution in [0.4, 0.5) is 5.13 Å². The first-order chi connectivity index (χ1) is 9.68. The molecule has 0 aliphatic heterocycles. The molecule has 6 heteroatoms. The Morgan fingerprint density at radius 3 is 2.71 bits per heavy atom. The standard InChI is InChI=1S/C15H22N2O3S/c1-8(2)10(18)5-12(20)17-14-16-9-6-15(3,4)7-11(19)13(9)21-14/h8,10,18H,5-7H2,1-4H3,(H,16,17,20). The SMILES string of the molecule is CC(C)C(O)CC(=O)Nc1nc2c(s1)C(=O)CC(C)(C)C2. The van der Waals surface area contributed by atoms with Gasteiger partial charge in [-0.05, 0) is 17.8 Å². The van der Waals surface area contributed by atoms with Crippen LogP contribution in [-0.2, 0) is 11.2 Å². The van der Waals surface area contributed by atoms with E-state index < -0.39 is 6.10 Å². The molecule has 0 radical (unpaired) electrons. The molecule has 1 aliphatic rings. The number of fused-ring (bicyclic) bond motifs is 1. The quantitative estimate of drug-likeness (QED) is 0.896. The van der Waals surface area contributed by atoms with Crippen molar-refractivity contribution in [1.82, 2.24) is 4.98 Å². The Balaban J connectivity index is 2.07. The largest absolute Gasteiger partial charge is 0.392 e. The summed E-state index contributed by atoms with van der Waals surface area (Å²) in [6, 6.07) is 0. The number of nitrogens with zero attached hydrogens (tertiary/aromatic N) is 1. The minimum atomic E-state index is -0.667. The number of ketones is 1. The number of amides is 1. The molecular weight excluding hydrogens is 288 g/mol. The average Bonchev–Trinajstić information content (AvgIpc) is 2.69. The molecule has 5 nitrogen and oxygen atoms in total. The molecule has 0 saturated carbocycles. The van der Waals surface area contributed by atoms with Crippen LogP contribution in [0.3, 0.4) is 0 Å². The van der Waals surface area contributed by atoms with Crippen LogP contribution in [-0.4, -0.2) is 27.9 Å². The number of carbonyl (C=O) groups is 2. The highest BCUT2D eigenvalue weighted by Crippen LogP contribution is 2.38. The van der Waals surface area contributed by atoms with Crippen molar-refractivity contribution >= 4 is 28.2 Å². The topological polar surface area (TPSA) is 79.3 Å². The number of hydrogen-bond donors (Lipinski definition) is 2. The molecule has 2 rings (SSSR count). The summed E-state index contributed by atoms with van der Waals surface area (Å²) in [5, 5.41) is 12.9. The number of aromatic nitrogens is 1. The second kappa shape index (κ2) is 5.85. The Bertz CT molecular complexity index is 563. The van der Waals surface area contributed by atoms with Crippen LogP contribution in [0.15, 0.2) is 0 Å². The lowest BCUT2D eigenvalue weighted by Gasteiger charge is -2.26. The Labute approximate surface area is 128 Å². The van der Waals surface area contributed by atoms with Crippen molar-refractivity contribution in [1.29, 1.82) is 0 Å². The van der Waals surface area contributed by atoms with E-state index in [1.807, 2.05) is 27.7 Å². The molecule has 0 aromatic carbocycles. The first-order valence-corrected chi connectivity index (χ1v) is 8.00. The molecule has 21 heavy (non-hydrogen) atoms. The summed E-state index contributed by atoms with van der Waals surface area (Å²) in [7, 11) is 0. The predicted octanol–water partition coefficient (Wildman–Crippen LogP) is 2.64. The molecule has 0 fully saturated rings. The Morgan fingerprint density at radius 2 is 2.10 bits per heavy atom. The van der Waals surface area contributed by atoms with Gasteiger partial charge in [-0.25, -0.2) is 4.98 Å². The highest BCUT2D eigenvalue weighted by Gasteiger charge is 2.34. The second-order valence-corrected chi connectivity index (χ2v) is 7.80. The van der Waals surface area contributed by atoms with Crippen LogP contribution >= 0.6 is 11.3 Å². The first-order valence-electron chi connectivity index (χ1n) is 7.19. The fraction of sp³-hybridized carbons (Fsp3) is 0.667. The van der Waals surface area contributed by atoms with Crippen LogP contribution in [0, 0.1) is 11.3 Å². The highest BCUT2D eigenvalue weighted by molar-refractivity contribution is 7.17. The zero-order valence-corrected chi connectivity index (χ0v) is 13.7. The second-order valence-electron chi connectivity index (χ2n) is 6.80. The first kappa shape index (κ1) is 16.1. The van der Waals surface area contributed by atoms with E-state index in [2.05, 4.69) is 10.3 Å². The van der Waals surface area contributed by atoms with Gasteiger partial charge in [0.15, 0.2) is 10.9 Å². The van der Waals surface area contributed by atoms with Gasteiger partial charge in [-0.3, -0.25) is 9.59 Å². The molecule has 2 N–H and O–H groups in total. The van der Waals surface area contributed by atoms with Gasteiger partial charge in [0.1, 0.15) is 0 Å². The fourth-order valence-electron chi connectivity index (χ4n) is 2.37. The lowest BCUT2D eigenvalue weighted by atomic mass is 9.78. The summed E-state index contributed by atoms with van der Waals surface area (Å²) in [5.41, 5.74) is 0.703. The van der Waals surface area contributed by atoms with Gasteiger partial charge in [-0.1, -0.05) is 39.0 Å².